The Hall–Kier alpha value is -1.17. The molecule has 1 atom stereocenters. The number of rotatable bonds is 1. The van der Waals surface area contributed by atoms with Crippen LogP contribution in [0.15, 0.2) is 39.8 Å². The molecule has 0 fully saturated rings. The van der Waals surface area contributed by atoms with E-state index in [2.05, 4.69) is 38.4 Å². The third-order valence-corrected chi connectivity index (χ3v) is 4.84. The minimum Gasteiger partial charge on any atom is -0.343 e. The van der Waals surface area contributed by atoms with Gasteiger partial charge in [-0.2, -0.15) is 0 Å². The predicted molar refractivity (Wildman–Crippen MR) is 76.6 cm³/mol. The largest absolute Gasteiger partial charge is 0.343 e. The van der Waals surface area contributed by atoms with E-state index in [1.165, 1.54) is 10.4 Å². The smallest absolute Gasteiger partial charge is 0.171 e. The SMILES string of the molecule is NC1N=Cc2c(sc(-c3ccccc3)c2Br)N1. The van der Waals surface area contributed by atoms with Crippen molar-refractivity contribution in [1.29, 1.82) is 0 Å². The van der Waals surface area contributed by atoms with Crippen molar-refractivity contribution in [3.63, 3.8) is 0 Å². The molecule has 5 heteroatoms. The maximum absolute atomic E-state index is 5.73. The quantitative estimate of drug-likeness (QED) is 0.849. The first-order chi connectivity index (χ1) is 8.25. The van der Waals surface area contributed by atoms with E-state index in [9.17, 15) is 0 Å². The Balaban J connectivity index is 2.13. The van der Waals surface area contributed by atoms with Crippen LogP contribution in [0.1, 0.15) is 5.56 Å². The Morgan fingerprint density at radius 3 is 2.82 bits per heavy atom. The number of anilines is 1. The van der Waals surface area contributed by atoms with Gasteiger partial charge in [-0.05, 0) is 21.5 Å². The lowest BCUT2D eigenvalue weighted by atomic mass is 10.1. The van der Waals surface area contributed by atoms with E-state index in [0.717, 1.165) is 15.0 Å². The summed E-state index contributed by atoms with van der Waals surface area (Å²) in [6.45, 7) is 0. The van der Waals surface area contributed by atoms with Crippen LogP contribution in [-0.4, -0.2) is 12.5 Å². The maximum Gasteiger partial charge on any atom is 0.171 e. The highest BCUT2D eigenvalue weighted by atomic mass is 79.9. The van der Waals surface area contributed by atoms with Gasteiger partial charge < -0.3 is 5.32 Å². The molecule has 2 aromatic rings. The van der Waals surface area contributed by atoms with Gasteiger partial charge in [-0.3, -0.25) is 10.7 Å². The molecule has 3 rings (SSSR count). The molecular formula is C12H10BrN3S. The van der Waals surface area contributed by atoms with E-state index < -0.39 is 0 Å². The van der Waals surface area contributed by atoms with Crippen molar-refractivity contribution < 1.29 is 0 Å². The molecule has 0 bridgehead atoms. The van der Waals surface area contributed by atoms with Crippen LogP contribution in [0.2, 0.25) is 0 Å². The number of nitrogens with one attached hydrogen (secondary N) is 1. The predicted octanol–water partition coefficient (Wildman–Crippen LogP) is 3.26. The van der Waals surface area contributed by atoms with Crippen LogP contribution in [0.3, 0.4) is 0 Å². The first-order valence-corrected chi connectivity index (χ1v) is 6.79. The Morgan fingerprint density at radius 2 is 2.06 bits per heavy atom. The topological polar surface area (TPSA) is 50.4 Å². The highest BCUT2D eigenvalue weighted by Crippen LogP contribution is 2.43. The van der Waals surface area contributed by atoms with Crippen molar-refractivity contribution in [3.8, 4) is 10.4 Å². The van der Waals surface area contributed by atoms with Crippen LogP contribution in [0.25, 0.3) is 10.4 Å². The molecule has 2 heterocycles. The van der Waals surface area contributed by atoms with Gasteiger partial charge in [-0.25, -0.2) is 0 Å². The molecule has 0 amide bonds. The van der Waals surface area contributed by atoms with Gasteiger partial charge in [-0.15, -0.1) is 11.3 Å². The van der Waals surface area contributed by atoms with E-state index in [-0.39, 0.29) is 6.29 Å². The zero-order valence-corrected chi connectivity index (χ0v) is 11.3. The summed E-state index contributed by atoms with van der Waals surface area (Å²) in [7, 11) is 0. The third kappa shape index (κ3) is 1.90. The summed E-state index contributed by atoms with van der Waals surface area (Å²) in [5.74, 6) is 0. The van der Waals surface area contributed by atoms with Crippen molar-refractivity contribution in [3.05, 3.63) is 40.4 Å². The highest BCUT2D eigenvalue weighted by molar-refractivity contribution is 9.10. The molecule has 0 saturated heterocycles. The van der Waals surface area contributed by atoms with Crippen LogP contribution in [0.5, 0.6) is 0 Å². The molecular weight excluding hydrogens is 298 g/mol. The van der Waals surface area contributed by atoms with Gasteiger partial charge in [0.25, 0.3) is 0 Å². The number of nitrogens with two attached hydrogens (primary N) is 1. The number of thiophene rings is 1. The fourth-order valence-corrected chi connectivity index (χ4v) is 3.75. The van der Waals surface area contributed by atoms with E-state index in [4.69, 9.17) is 5.73 Å². The molecule has 0 radical (unpaired) electrons. The molecule has 0 spiro atoms. The van der Waals surface area contributed by atoms with Gasteiger partial charge in [-0.1, -0.05) is 30.3 Å². The van der Waals surface area contributed by atoms with E-state index in [1.807, 2.05) is 24.4 Å². The average Bonchev–Trinajstić information content (AvgIpc) is 2.67. The van der Waals surface area contributed by atoms with Gasteiger partial charge in [0.15, 0.2) is 6.29 Å². The van der Waals surface area contributed by atoms with Crippen molar-refractivity contribution in [2.75, 3.05) is 5.32 Å². The fraction of sp³-hybridized carbons (Fsp3) is 0.0833. The molecule has 3 nitrogen and oxygen atoms in total. The highest BCUT2D eigenvalue weighted by Gasteiger charge is 2.19. The second-order valence-electron chi connectivity index (χ2n) is 3.72. The first-order valence-electron chi connectivity index (χ1n) is 5.18. The van der Waals surface area contributed by atoms with Crippen molar-refractivity contribution in [1.82, 2.24) is 0 Å². The molecule has 17 heavy (non-hydrogen) atoms. The summed E-state index contributed by atoms with van der Waals surface area (Å²) in [5.41, 5.74) is 8.01. The summed E-state index contributed by atoms with van der Waals surface area (Å²) >= 11 is 5.32. The van der Waals surface area contributed by atoms with Gasteiger partial charge in [0, 0.05) is 16.3 Å². The van der Waals surface area contributed by atoms with E-state index in [0.29, 0.717) is 0 Å². The van der Waals surface area contributed by atoms with Crippen molar-refractivity contribution in [2.45, 2.75) is 6.29 Å². The van der Waals surface area contributed by atoms with Gasteiger partial charge >= 0.3 is 0 Å². The van der Waals surface area contributed by atoms with Gasteiger partial charge in [0.05, 0.1) is 4.88 Å². The molecule has 1 aliphatic heterocycles. The van der Waals surface area contributed by atoms with Crippen LogP contribution >= 0.6 is 27.3 Å². The molecule has 86 valence electrons. The maximum atomic E-state index is 5.73. The number of hydrogen-bond donors (Lipinski definition) is 2. The Kier molecular flexibility index (Phi) is 2.74. The first kappa shape index (κ1) is 11.0. The Bertz CT molecular complexity index is 577. The molecule has 1 unspecified atom stereocenters. The number of halogens is 1. The van der Waals surface area contributed by atoms with Gasteiger partial charge in [0.1, 0.15) is 5.00 Å². The molecule has 1 aromatic heterocycles. The third-order valence-electron chi connectivity index (χ3n) is 2.56. The molecule has 0 aliphatic carbocycles. The zero-order chi connectivity index (χ0) is 11.8. The van der Waals surface area contributed by atoms with Crippen LogP contribution in [0, 0.1) is 0 Å². The molecule has 3 N–H and O–H groups in total. The van der Waals surface area contributed by atoms with Crippen LogP contribution < -0.4 is 11.1 Å². The summed E-state index contributed by atoms with van der Waals surface area (Å²) < 4.78 is 1.08. The summed E-state index contributed by atoms with van der Waals surface area (Å²) in [6.07, 6.45) is 1.49. The number of aliphatic imine (C=N–C) groups is 1. The van der Waals surface area contributed by atoms with Crippen LogP contribution in [-0.2, 0) is 0 Å². The van der Waals surface area contributed by atoms with Crippen LogP contribution in [0.4, 0.5) is 5.00 Å². The molecule has 1 aromatic carbocycles. The molecule has 1 aliphatic rings. The Morgan fingerprint density at radius 1 is 1.29 bits per heavy atom. The lowest BCUT2D eigenvalue weighted by molar-refractivity contribution is 0.810. The molecule has 0 saturated carbocycles. The number of benzene rings is 1. The average molecular weight is 308 g/mol. The van der Waals surface area contributed by atoms with Gasteiger partial charge in [0.2, 0.25) is 0 Å². The summed E-state index contributed by atoms with van der Waals surface area (Å²) in [4.78, 5) is 5.36. The number of hydrogen-bond acceptors (Lipinski definition) is 4. The number of nitrogens with zero attached hydrogens (tertiary/aromatic N) is 1. The summed E-state index contributed by atoms with van der Waals surface area (Å²) in [5, 5.41) is 4.23. The standard InChI is InChI=1S/C12H10BrN3S/c13-9-8-6-15-12(14)16-11(8)17-10(9)7-4-2-1-3-5-7/h1-6,12,16H,14H2. The second kappa shape index (κ2) is 4.25. The second-order valence-corrected chi connectivity index (χ2v) is 5.53. The van der Waals surface area contributed by atoms with E-state index in [1.54, 1.807) is 11.3 Å². The minimum absolute atomic E-state index is 0.336. The minimum atomic E-state index is -0.336. The zero-order valence-electron chi connectivity index (χ0n) is 8.85. The monoisotopic (exact) mass is 307 g/mol. The lowest BCUT2D eigenvalue weighted by Gasteiger charge is -2.13. The Labute approximate surface area is 112 Å². The number of fused-ring (bicyclic) bond motifs is 1. The fourth-order valence-electron chi connectivity index (χ4n) is 1.75. The lowest BCUT2D eigenvalue weighted by Crippen LogP contribution is -2.29. The summed E-state index contributed by atoms with van der Waals surface area (Å²) in [6, 6.07) is 10.3. The normalized spacial score (nSPS) is 17.6. The van der Waals surface area contributed by atoms with Crippen molar-refractivity contribution >= 4 is 38.5 Å². The van der Waals surface area contributed by atoms with E-state index >= 15 is 0 Å². The van der Waals surface area contributed by atoms with Crippen molar-refractivity contribution in [2.24, 2.45) is 10.7 Å².